The van der Waals surface area contributed by atoms with Gasteiger partial charge in [0.05, 0.1) is 0 Å². The molecule has 30 heavy (non-hydrogen) atoms. The zero-order valence-electron chi connectivity index (χ0n) is 16.5. The predicted octanol–water partition coefficient (Wildman–Crippen LogP) is 2.63. The normalized spacial score (nSPS) is 15.3. The highest BCUT2D eigenvalue weighted by molar-refractivity contribution is 7.89. The van der Waals surface area contributed by atoms with Crippen molar-refractivity contribution in [3.63, 3.8) is 0 Å². The van der Waals surface area contributed by atoms with E-state index in [-0.39, 0.29) is 38.7 Å². The van der Waals surface area contributed by atoms with Crippen LogP contribution in [0.2, 0.25) is 0 Å². The summed E-state index contributed by atoms with van der Waals surface area (Å²) in [6, 6.07) is 6.73. The van der Waals surface area contributed by atoms with Crippen LogP contribution in [0, 0.1) is 31.3 Å². The molecule has 0 saturated carbocycles. The van der Waals surface area contributed by atoms with Gasteiger partial charge in [0.2, 0.25) is 10.0 Å². The average Bonchev–Trinajstić information content (AvgIpc) is 2.72. The molecule has 162 valence electrons. The number of carbonyl (C=O) groups is 1. The van der Waals surface area contributed by atoms with Crippen molar-refractivity contribution in [2.24, 2.45) is 0 Å². The van der Waals surface area contributed by atoms with Crippen molar-refractivity contribution in [3.8, 4) is 5.75 Å². The van der Waals surface area contributed by atoms with Crippen molar-refractivity contribution in [2.75, 3.05) is 32.8 Å². The van der Waals surface area contributed by atoms with Crippen molar-refractivity contribution in [3.05, 3.63) is 58.9 Å². The van der Waals surface area contributed by atoms with E-state index in [0.29, 0.717) is 17.9 Å². The molecule has 0 aromatic heterocycles. The Labute approximate surface area is 172 Å². The molecule has 1 fully saturated rings. The number of hydrogen-bond donors (Lipinski definition) is 0. The number of benzene rings is 2. The lowest BCUT2D eigenvalue weighted by Gasteiger charge is -2.34. The molecule has 0 aliphatic carbocycles. The molecule has 3 rings (SSSR count). The molecule has 1 heterocycles. The predicted molar refractivity (Wildman–Crippen MR) is 103 cm³/mol. The number of aryl methyl sites for hydroxylation is 2. The number of amides is 1. The molecule has 0 bridgehead atoms. The van der Waals surface area contributed by atoms with Gasteiger partial charge in [-0.3, -0.25) is 4.79 Å². The summed E-state index contributed by atoms with van der Waals surface area (Å²) in [6.45, 7) is 3.63. The average molecular weight is 442 g/mol. The van der Waals surface area contributed by atoms with E-state index in [9.17, 15) is 26.4 Å². The van der Waals surface area contributed by atoms with Gasteiger partial charge < -0.3 is 9.64 Å². The maximum absolute atomic E-state index is 13.9. The lowest BCUT2D eigenvalue weighted by Crippen LogP contribution is -2.51. The highest BCUT2D eigenvalue weighted by atomic mass is 32.2. The van der Waals surface area contributed by atoms with E-state index >= 15 is 0 Å². The van der Waals surface area contributed by atoms with Gasteiger partial charge in [0.1, 0.15) is 10.6 Å². The Morgan fingerprint density at radius 3 is 2.27 bits per heavy atom. The molecule has 6 nitrogen and oxygen atoms in total. The van der Waals surface area contributed by atoms with Gasteiger partial charge >= 0.3 is 0 Å². The van der Waals surface area contributed by atoms with Gasteiger partial charge in [-0.15, -0.1) is 0 Å². The van der Waals surface area contributed by atoms with Crippen LogP contribution in [0.25, 0.3) is 0 Å². The maximum atomic E-state index is 13.9. The second-order valence-corrected chi connectivity index (χ2v) is 8.90. The Morgan fingerprint density at radius 2 is 1.63 bits per heavy atom. The van der Waals surface area contributed by atoms with E-state index in [1.807, 2.05) is 26.0 Å². The molecule has 1 aliphatic heterocycles. The molecule has 1 amide bonds. The molecule has 1 saturated heterocycles. The molecule has 0 spiro atoms. The second-order valence-electron chi connectivity index (χ2n) is 6.99. The van der Waals surface area contributed by atoms with Gasteiger partial charge in [-0.25, -0.2) is 21.6 Å². The first-order valence-electron chi connectivity index (χ1n) is 9.22. The van der Waals surface area contributed by atoms with Crippen LogP contribution < -0.4 is 4.74 Å². The van der Waals surface area contributed by atoms with Crippen LogP contribution in [-0.4, -0.2) is 56.3 Å². The van der Waals surface area contributed by atoms with E-state index in [4.69, 9.17) is 4.74 Å². The summed E-state index contributed by atoms with van der Waals surface area (Å²) in [6.07, 6.45) is 0. The van der Waals surface area contributed by atoms with Crippen LogP contribution in [0.5, 0.6) is 5.75 Å². The number of carbonyl (C=O) groups excluding carboxylic acids is 1. The van der Waals surface area contributed by atoms with E-state index in [1.54, 1.807) is 6.07 Å². The Balaban J connectivity index is 1.60. The minimum atomic E-state index is -4.36. The minimum absolute atomic E-state index is 0.0691. The molecular formula is C20H21F3N2O4S. The van der Waals surface area contributed by atoms with Crippen molar-refractivity contribution in [1.82, 2.24) is 9.21 Å². The summed E-state index contributed by atoms with van der Waals surface area (Å²) < 4.78 is 72.1. The molecule has 2 aromatic rings. The topological polar surface area (TPSA) is 66.9 Å². The van der Waals surface area contributed by atoms with Gasteiger partial charge in [0.25, 0.3) is 5.91 Å². The summed E-state index contributed by atoms with van der Waals surface area (Å²) in [5, 5.41) is 0. The number of ether oxygens (including phenoxy) is 1. The van der Waals surface area contributed by atoms with Crippen LogP contribution >= 0.6 is 0 Å². The molecule has 10 heteroatoms. The standard InChI is InChI=1S/C20H21F3N2O4S/c1-13-3-4-15(11-14(13)2)29-12-18(26)24-7-9-25(10-8-24)30(27,28)17-6-5-16(21)19(22)20(17)23/h3-6,11H,7-10,12H2,1-2H3. The zero-order valence-corrected chi connectivity index (χ0v) is 17.3. The fourth-order valence-electron chi connectivity index (χ4n) is 3.06. The third-order valence-corrected chi connectivity index (χ3v) is 6.97. The third kappa shape index (κ3) is 4.44. The van der Waals surface area contributed by atoms with E-state index in [1.165, 1.54) is 4.90 Å². The lowest BCUT2D eigenvalue weighted by molar-refractivity contribution is -0.134. The second kappa shape index (κ2) is 8.65. The van der Waals surface area contributed by atoms with E-state index in [0.717, 1.165) is 15.4 Å². The van der Waals surface area contributed by atoms with Crippen LogP contribution in [0.1, 0.15) is 11.1 Å². The van der Waals surface area contributed by atoms with Gasteiger partial charge in [-0.05, 0) is 49.2 Å². The van der Waals surface area contributed by atoms with Crippen LogP contribution in [0.3, 0.4) is 0 Å². The van der Waals surface area contributed by atoms with Crippen molar-refractivity contribution in [2.45, 2.75) is 18.7 Å². The highest BCUT2D eigenvalue weighted by Crippen LogP contribution is 2.24. The van der Waals surface area contributed by atoms with Gasteiger partial charge in [-0.2, -0.15) is 4.31 Å². The Morgan fingerprint density at radius 1 is 0.967 bits per heavy atom. The van der Waals surface area contributed by atoms with Crippen molar-refractivity contribution >= 4 is 15.9 Å². The number of piperazine rings is 1. The van der Waals surface area contributed by atoms with E-state index in [2.05, 4.69) is 0 Å². The van der Waals surface area contributed by atoms with Crippen molar-refractivity contribution in [1.29, 1.82) is 0 Å². The van der Waals surface area contributed by atoms with Crippen LogP contribution in [0.15, 0.2) is 35.2 Å². The molecule has 0 radical (unpaired) electrons. The quantitative estimate of drug-likeness (QED) is 0.668. The monoisotopic (exact) mass is 442 g/mol. The third-order valence-electron chi connectivity index (χ3n) is 5.05. The first kappa shape index (κ1) is 22.1. The molecule has 2 aromatic carbocycles. The summed E-state index contributed by atoms with van der Waals surface area (Å²) in [4.78, 5) is 12.9. The number of halogens is 3. The van der Waals surface area contributed by atoms with Crippen LogP contribution in [0.4, 0.5) is 13.2 Å². The molecule has 0 unspecified atom stereocenters. The maximum Gasteiger partial charge on any atom is 0.260 e. The lowest BCUT2D eigenvalue weighted by atomic mass is 10.1. The summed E-state index contributed by atoms with van der Waals surface area (Å²) >= 11 is 0. The Kier molecular flexibility index (Phi) is 6.37. The first-order valence-corrected chi connectivity index (χ1v) is 10.7. The Bertz CT molecular complexity index is 1070. The summed E-state index contributed by atoms with van der Waals surface area (Å²) in [5.74, 6) is -4.82. The smallest absolute Gasteiger partial charge is 0.260 e. The first-order chi connectivity index (χ1) is 14.1. The number of nitrogens with zero attached hydrogens (tertiary/aromatic N) is 2. The molecule has 1 aliphatic rings. The molecule has 0 N–H and O–H groups in total. The fourth-order valence-corrected chi connectivity index (χ4v) is 4.54. The number of rotatable bonds is 5. The van der Waals surface area contributed by atoms with Gasteiger partial charge in [0, 0.05) is 26.2 Å². The van der Waals surface area contributed by atoms with Gasteiger partial charge in [-0.1, -0.05) is 6.07 Å². The Hall–Kier alpha value is -2.59. The highest BCUT2D eigenvalue weighted by Gasteiger charge is 2.33. The number of sulfonamides is 1. The SMILES string of the molecule is Cc1ccc(OCC(=O)N2CCN(S(=O)(=O)c3ccc(F)c(F)c3F)CC2)cc1C. The summed E-state index contributed by atoms with van der Waals surface area (Å²) in [7, 11) is -4.36. The largest absolute Gasteiger partial charge is 0.484 e. The summed E-state index contributed by atoms with van der Waals surface area (Å²) in [5.41, 5.74) is 2.13. The van der Waals surface area contributed by atoms with E-state index < -0.39 is 32.4 Å². The molecule has 0 atom stereocenters. The van der Waals surface area contributed by atoms with Crippen LogP contribution in [-0.2, 0) is 14.8 Å². The number of hydrogen-bond acceptors (Lipinski definition) is 4. The fraction of sp³-hybridized carbons (Fsp3) is 0.350. The zero-order chi connectivity index (χ0) is 22.1. The van der Waals surface area contributed by atoms with Crippen molar-refractivity contribution < 1.29 is 31.1 Å². The van der Waals surface area contributed by atoms with Gasteiger partial charge in [0.15, 0.2) is 24.1 Å². The minimum Gasteiger partial charge on any atom is -0.484 e. The molecular weight excluding hydrogens is 421 g/mol.